The second-order valence-corrected chi connectivity index (χ2v) is 5.95. The minimum atomic E-state index is -0.221. The summed E-state index contributed by atoms with van der Waals surface area (Å²) in [6, 6.07) is 4.84. The zero-order chi connectivity index (χ0) is 16.0. The fraction of sp³-hybridized carbons (Fsp3) is 0.533. The summed E-state index contributed by atoms with van der Waals surface area (Å²) in [5, 5.41) is 3.29. The monoisotopic (exact) mass is 312 g/mol. The van der Waals surface area contributed by atoms with E-state index in [1.807, 2.05) is 33.0 Å². The molecule has 1 rings (SSSR count). The van der Waals surface area contributed by atoms with Crippen molar-refractivity contribution in [2.75, 3.05) is 45.3 Å². The first-order chi connectivity index (χ1) is 9.81. The standard InChI is InChI=1S/C15H25ClN4O/c1-11(20(4)9-5-8-19(2)3)15(21)18-14-7-6-12(17)10-13(14)16/h6-7,10-11H,5,8-9,17H2,1-4H3,(H,18,21). The van der Waals surface area contributed by atoms with Crippen LogP contribution >= 0.6 is 11.6 Å². The highest BCUT2D eigenvalue weighted by Crippen LogP contribution is 2.24. The molecule has 0 saturated carbocycles. The van der Waals surface area contributed by atoms with Crippen LogP contribution in [0, 0.1) is 0 Å². The lowest BCUT2D eigenvalue weighted by Gasteiger charge is -2.24. The molecule has 0 saturated heterocycles. The third-order valence-electron chi connectivity index (χ3n) is 3.41. The van der Waals surface area contributed by atoms with Gasteiger partial charge in [-0.15, -0.1) is 0 Å². The van der Waals surface area contributed by atoms with Crippen LogP contribution in [0.2, 0.25) is 5.02 Å². The second kappa shape index (κ2) is 8.22. The Morgan fingerprint density at radius 1 is 1.33 bits per heavy atom. The van der Waals surface area contributed by atoms with Crippen LogP contribution in [-0.4, -0.2) is 56.0 Å². The molecule has 0 aromatic heterocycles. The molecule has 0 aliphatic heterocycles. The van der Waals surface area contributed by atoms with Crippen molar-refractivity contribution in [1.82, 2.24) is 9.80 Å². The number of nitrogens with one attached hydrogen (secondary N) is 1. The fourth-order valence-electron chi connectivity index (χ4n) is 1.90. The van der Waals surface area contributed by atoms with E-state index in [2.05, 4.69) is 10.2 Å². The van der Waals surface area contributed by atoms with Crippen LogP contribution < -0.4 is 11.1 Å². The number of carbonyl (C=O) groups is 1. The van der Waals surface area contributed by atoms with Crippen molar-refractivity contribution in [2.24, 2.45) is 0 Å². The molecule has 0 radical (unpaired) electrons. The third-order valence-corrected chi connectivity index (χ3v) is 3.72. The molecule has 118 valence electrons. The van der Waals surface area contributed by atoms with Gasteiger partial charge in [-0.3, -0.25) is 9.69 Å². The van der Waals surface area contributed by atoms with E-state index >= 15 is 0 Å². The number of nitrogens with zero attached hydrogens (tertiary/aromatic N) is 2. The van der Waals surface area contributed by atoms with E-state index in [4.69, 9.17) is 17.3 Å². The normalized spacial score (nSPS) is 12.7. The lowest BCUT2D eigenvalue weighted by atomic mass is 10.2. The van der Waals surface area contributed by atoms with Crippen LogP contribution in [0.1, 0.15) is 13.3 Å². The van der Waals surface area contributed by atoms with Crippen LogP contribution in [0.3, 0.4) is 0 Å². The number of carbonyl (C=O) groups excluding carboxylic acids is 1. The maximum absolute atomic E-state index is 12.2. The Labute approximate surface area is 132 Å². The van der Waals surface area contributed by atoms with Crippen molar-refractivity contribution in [3.63, 3.8) is 0 Å². The van der Waals surface area contributed by atoms with Crippen molar-refractivity contribution >= 4 is 28.9 Å². The fourth-order valence-corrected chi connectivity index (χ4v) is 2.14. The Hall–Kier alpha value is -1.30. The minimum absolute atomic E-state index is 0.0750. The summed E-state index contributed by atoms with van der Waals surface area (Å²) < 4.78 is 0. The summed E-state index contributed by atoms with van der Waals surface area (Å²) in [5.74, 6) is -0.0750. The number of nitrogens with two attached hydrogens (primary N) is 1. The van der Waals surface area contributed by atoms with Gasteiger partial charge in [0.05, 0.1) is 16.8 Å². The summed E-state index contributed by atoms with van der Waals surface area (Å²) in [7, 11) is 6.03. The third kappa shape index (κ3) is 5.91. The number of halogens is 1. The SMILES string of the molecule is CC(C(=O)Nc1ccc(N)cc1Cl)N(C)CCCN(C)C. The average Bonchev–Trinajstić information content (AvgIpc) is 2.40. The van der Waals surface area contributed by atoms with Gasteiger partial charge in [0.2, 0.25) is 5.91 Å². The number of benzene rings is 1. The molecule has 0 aliphatic carbocycles. The molecule has 0 heterocycles. The summed E-state index contributed by atoms with van der Waals surface area (Å²) in [5.41, 5.74) is 6.80. The first-order valence-corrected chi connectivity index (χ1v) is 7.40. The van der Waals surface area contributed by atoms with Gasteiger partial charge >= 0.3 is 0 Å². The molecular weight excluding hydrogens is 288 g/mol. The molecule has 5 nitrogen and oxygen atoms in total. The number of nitrogen functional groups attached to an aromatic ring is 1. The summed E-state index contributed by atoms with van der Waals surface area (Å²) in [4.78, 5) is 16.4. The second-order valence-electron chi connectivity index (χ2n) is 5.54. The molecule has 3 N–H and O–H groups in total. The van der Waals surface area contributed by atoms with Gasteiger partial charge < -0.3 is 16.0 Å². The molecule has 0 spiro atoms. The average molecular weight is 313 g/mol. The zero-order valence-electron chi connectivity index (χ0n) is 13.2. The predicted molar refractivity (Wildman–Crippen MR) is 89.8 cm³/mol. The maximum Gasteiger partial charge on any atom is 0.241 e. The lowest BCUT2D eigenvalue weighted by molar-refractivity contribution is -0.120. The van der Waals surface area contributed by atoms with Crippen LogP contribution in [-0.2, 0) is 4.79 Å². The van der Waals surface area contributed by atoms with Crippen LogP contribution in [0.15, 0.2) is 18.2 Å². The van der Waals surface area contributed by atoms with Crippen molar-refractivity contribution in [3.05, 3.63) is 23.2 Å². The van der Waals surface area contributed by atoms with Gasteiger partial charge in [0.1, 0.15) is 0 Å². The van der Waals surface area contributed by atoms with Crippen molar-refractivity contribution in [1.29, 1.82) is 0 Å². The molecule has 0 bridgehead atoms. The number of anilines is 2. The van der Waals surface area contributed by atoms with Gasteiger partial charge in [0.25, 0.3) is 0 Å². The highest BCUT2D eigenvalue weighted by molar-refractivity contribution is 6.34. The number of hydrogen-bond donors (Lipinski definition) is 2. The van der Waals surface area contributed by atoms with Crippen LogP contribution in [0.4, 0.5) is 11.4 Å². The molecule has 1 unspecified atom stereocenters. The summed E-state index contributed by atoms with van der Waals surface area (Å²) in [6.07, 6.45) is 1.02. The Morgan fingerprint density at radius 3 is 2.57 bits per heavy atom. The number of likely N-dealkylation sites (N-methyl/N-ethyl adjacent to an activating group) is 1. The predicted octanol–water partition coefficient (Wildman–Crippen LogP) is 2.13. The Balaban J connectivity index is 2.53. The Kier molecular flexibility index (Phi) is 6.95. The maximum atomic E-state index is 12.2. The van der Waals surface area contributed by atoms with Gasteiger partial charge in [-0.2, -0.15) is 0 Å². The Morgan fingerprint density at radius 2 is 2.00 bits per heavy atom. The molecule has 0 fully saturated rings. The van der Waals surface area contributed by atoms with E-state index in [9.17, 15) is 4.79 Å². The van der Waals surface area contributed by atoms with Crippen molar-refractivity contribution < 1.29 is 4.79 Å². The van der Waals surface area contributed by atoms with E-state index in [-0.39, 0.29) is 11.9 Å². The molecule has 0 aliphatic rings. The van der Waals surface area contributed by atoms with Gasteiger partial charge in [0, 0.05) is 5.69 Å². The molecular formula is C15H25ClN4O. The molecule has 1 aromatic carbocycles. The highest BCUT2D eigenvalue weighted by Gasteiger charge is 2.18. The summed E-state index contributed by atoms with van der Waals surface area (Å²) in [6.45, 7) is 3.75. The smallest absolute Gasteiger partial charge is 0.241 e. The van der Waals surface area contributed by atoms with Crippen LogP contribution in [0.25, 0.3) is 0 Å². The van der Waals surface area contributed by atoms with E-state index in [1.165, 1.54) is 0 Å². The van der Waals surface area contributed by atoms with Gasteiger partial charge in [-0.05, 0) is 65.8 Å². The van der Waals surface area contributed by atoms with Gasteiger partial charge in [-0.1, -0.05) is 11.6 Å². The van der Waals surface area contributed by atoms with E-state index < -0.39 is 0 Å². The molecule has 1 atom stereocenters. The zero-order valence-corrected chi connectivity index (χ0v) is 13.9. The first-order valence-electron chi connectivity index (χ1n) is 7.02. The molecule has 6 heteroatoms. The number of rotatable bonds is 7. The van der Waals surface area contributed by atoms with Crippen LogP contribution in [0.5, 0.6) is 0 Å². The Bertz CT molecular complexity index is 479. The molecule has 1 amide bonds. The largest absolute Gasteiger partial charge is 0.399 e. The van der Waals surface area contributed by atoms with E-state index in [0.29, 0.717) is 16.4 Å². The van der Waals surface area contributed by atoms with Gasteiger partial charge in [0.15, 0.2) is 0 Å². The summed E-state index contributed by atoms with van der Waals surface area (Å²) >= 11 is 6.06. The molecule has 1 aromatic rings. The number of hydrogen-bond acceptors (Lipinski definition) is 4. The lowest BCUT2D eigenvalue weighted by Crippen LogP contribution is -2.40. The van der Waals surface area contributed by atoms with E-state index in [1.54, 1.807) is 18.2 Å². The topological polar surface area (TPSA) is 61.6 Å². The van der Waals surface area contributed by atoms with Crippen molar-refractivity contribution in [2.45, 2.75) is 19.4 Å². The van der Waals surface area contributed by atoms with Crippen molar-refractivity contribution in [3.8, 4) is 0 Å². The quantitative estimate of drug-likeness (QED) is 0.757. The molecule has 21 heavy (non-hydrogen) atoms. The van der Waals surface area contributed by atoms with Gasteiger partial charge in [-0.25, -0.2) is 0 Å². The highest BCUT2D eigenvalue weighted by atomic mass is 35.5. The number of amides is 1. The minimum Gasteiger partial charge on any atom is -0.399 e. The first kappa shape index (κ1) is 17.8. The van der Waals surface area contributed by atoms with E-state index in [0.717, 1.165) is 19.5 Å².